The van der Waals surface area contributed by atoms with Crippen molar-refractivity contribution in [1.82, 2.24) is 19.9 Å². The molecule has 0 spiro atoms. The Morgan fingerprint density at radius 3 is 0.620 bits per heavy atom. The summed E-state index contributed by atoms with van der Waals surface area (Å²) < 4.78 is 0. The quantitative estimate of drug-likeness (QED) is 0.190. The maximum Gasteiger partial charge on any atom is 0.0973 e. The summed E-state index contributed by atoms with van der Waals surface area (Å²) in [6.45, 7) is 12.4. The largest absolute Gasteiger partial charge is 0.244 e. The second-order valence-corrected chi connectivity index (χ2v) is 12.3. The maximum absolute atomic E-state index is 4.91. The van der Waals surface area contributed by atoms with Gasteiger partial charge in [-0.1, -0.05) is 157 Å². The van der Waals surface area contributed by atoms with Gasteiger partial charge in [-0.2, -0.15) is 0 Å². The molecule has 0 unspecified atom stereocenters. The molecule has 0 aliphatic heterocycles. The van der Waals surface area contributed by atoms with Crippen LogP contribution < -0.4 is 0 Å². The molecule has 0 amide bonds. The van der Waals surface area contributed by atoms with Crippen molar-refractivity contribution < 1.29 is 0 Å². The SMILES string of the molecule is CC.Cc1ccc(-c2nc3ccccc3nc2-c2ccc(C)cc2)cc1.Cc1ccc(-c2nc3ccccc3nc2-c2ccc(C)cc2)cc1. The van der Waals surface area contributed by atoms with E-state index in [1.165, 1.54) is 22.3 Å². The highest BCUT2D eigenvalue weighted by Crippen LogP contribution is 2.33. The molecule has 0 atom stereocenters. The van der Waals surface area contributed by atoms with Crippen LogP contribution in [0.15, 0.2) is 146 Å². The first kappa shape index (κ1) is 33.9. The molecular weight excluding hydrogens is 609 g/mol. The van der Waals surface area contributed by atoms with Gasteiger partial charge in [0.25, 0.3) is 0 Å². The van der Waals surface area contributed by atoms with Gasteiger partial charge in [0.1, 0.15) is 0 Å². The Kier molecular flexibility index (Phi) is 10.5. The smallest absolute Gasteiger partial charge is 0.0973 e. The van der Waals surface area contributed by atoms with Crippen molar-refractivity contribution >= 4 is 22.1 Å². The first-order valence-corrected chi connectivity index (χ1v) is 17.2. The summed E-state index contributed by atoms with van der Waals surface area (Å²) >= 11 is 0. The standard InChI is InChI=1S/2C22H18N2.C2H6/c2*1-15-7-11-17(12-8-15)21-22(18-13-9-16(2)10-14-18)24-20-6-4-3-5-19(20)23-21;1-2/h2*3-14H,1-2H3;1-2H3. The first-order valence-electron chi connectivity index (χ1n) is 17.2. The monoisotopic (exact) mass is 650 g/mol. The molecule has 0 saturated heterocycles. The van der Waals surface area contributed by atoms with Gasteiger partial charge in [0.15, 0.2) is 0 Å². The minimum atomic E-state index is 0.920. The van der Waals surface area contributed by atoms with Crippen LogP contribution in [0.2, 0.25) is 0 Å². The Morgan fingerprint density at radius 2 is 0.440 bits per heavy atom. The molecule has 0 bridgehead atoms. The fourth-order valence-corrected chi connectivity index (χ4v) is 5.65. The van der Waals surface area contributed by atoms with E-state index in [4.69, 9.17) is 19.9 Å². The van der Waals surface area contributed by atoms with E-state index < -0.39 is 0 Å². The van der Waals surface area contributed by atoms with Gasteiger partial charge in [0.2, 0.25) is 0 Å². The molecule has 2 heterocycles. The molecule has 0 aliphatic carbocycles. The number of benzene rings is 6. The van der Waals surface area contributed by atoms with E-state index in [0.29, 0.717) is 0 Å². The van der Waals surface area contributed by atoms with Gasteiger partial charge < -0.3 is 0 Å². The zero-order valence-corrected chi connectivity index (χ0v) is 29.6. The predicted molar refractivity (Wildman–Crippen MR) is 211 cm³/mol. The van der Waals surface area contributed by atoms with Crippen LogP contribution in [0.4, 0.5) is 0 Å². The van der Waals surface area contributed by atoms with Gasteiger partial charge in [-0.15, -0.1) is 0 Å². The van der Waals surface area contributed by atoms with Crippen LogP contribution in [0.25, 0.3) is 67.1 Å². The topological polar surface area (TPSA) is 51.6 Å². The van der Waals surface area contributed by atoms with Crippen LogP contribution in [-0.2, 0) is 0 Å². The Labute approximate surface area is 295 Å². The minimum Gasteiger partial charge on any atom is -0.244 e. The van der Waals surface area contributed by atoms with Crippen LogP contribution in [0.3, 0.4) is 0 Å². The fraction of sp³-hybridized carbons (Fsp3) is 0.130. The second kappa shape index (κ2) is 15.5. The van der Waals surface area contributed by atoms with Crippen molar-refractivity contribution in [1.29, 1.82) is 0 Å². The molecule has 8 aromatic rings. The highest BCUT2D eigenvalue weighted by atomic mass is 14.8. The van der Waals surface area contributed by atoms with E-state index in [1.54, 1.807) is 0 Å². The Hall–Kier alpha value is -6.00. The Balaban J connectivity index is 0.000000165. The molecule has 50 heavy (non-hydrogen) atoms. The third kappa shape index (κ3) is 7.66. The van der Waals surface area contributed by atoms with Gasteiger partial charge in [-0.05, 0) is 52.0 Å². The van der Waals surface area contributed by atoms with Crippen molar-refractivity contribution in [2.75, 3.05) is 0 Å². The molecule has 0 aliphatic rings. The number of aromatic nitrogens is 4. The average molecular weight is 651 g/mol. The van der Waals surface area contributed by atoms with Crippen molar-refractivity contribution in [2.24, 2.45) is 0 Å². The number of hydrogen-bond donors (Lipinski definition) is 0. The number of rotatable bonds is 4. The van der Waals surface area contributed by atoms with E-state index in [-0.39, 0.29) is 0 Å². The van der Waals surface area contributed by atoms with Crippen molar-refractivity contribution in [3.8, 4) is 45.0 Å². The zero-order valence-electron chi connectivity index (χ0n) is 29.6. The van der Waals surface area contributed by atoms with Crippen LogP contribution in [-0.4, -0.2) is 19.9 Å². The lowest BCUT2D eigenvalue weighted by atomic mass is 10.0. The zero-order chi connectivity index (χ0) is 35.0. The minimum absolute atomic E-state index is 0.920. The fourth-order valence-electron chi connectivity index (χ4n) is 5.65. The number of aryl methyl sites for hydroxylation is 4. The number of para-hydroxylation sites is 4. The van der Waals surface area contributed by atoms with Crippen LogP contribution in [0.1, 0.15) is 36.1 Å². The van der Waals surface area contributed by atoms with Gasteiger partial charge in [0, 0.05) is 22.3 Å². The van der Waals surface area contributed by atoms with E-state index in [1.807, 2.05) is 62.4 Å². The van der Waals surface area contributed by atoms with Crippen molar-refractivity contribution in [3.63, 3.8) is 0 Å². The van der Waals surface area contributed by atoms with Crippen molar-refractivity contribution in [2.45, 2.75) is 41.5 Å². The molecule has 4 heteroatoms. The lowest BCUT2D eigenvalue weighted by Gasteiger charge is -2.11. The third-order valence-electron chi connectivity index (χ3n) is 8.44. The van der Waals surface area contributed by atoms with E-state index in [0.717, 1.165) is 67.1 Å². The predicted octanol–water partition coefficient (Wildman–Crippen LogP) is 12.2. The summed E-state index contributed by atoms with van der Waals surface area (Å²) in [6, 6.07) is 49.9. The van der Waals surface area contributed by atoms with Gasteiger partial charge >= 0.3 is 0 Å². The summed E-state index contributed by atoms with van der Waals surface area (Å²) in [5, 5.41) is 0. The summed E-state index contributed by atoms with van der Waals surface area (Å²) in [7, 11) is 0. The number of fused-ring (bicyclic) bond motifs is 2. The third-order valence-corrected chi connectivity index (χ3v) is 8.44. The van der Waals surface area contributed by atoms with E-state index in [9.17, 15) is 0 Å². The summed E-state index contributed by atoms with van der Waals surface area (Å²) in [5.41, 5.74) is 16.7. The van der Waals surface area contributed by atoms with Crippen molar-refractivity contribution in [3.05, 3.63) is 168 Å². The summed E-state index contributed by atoms with van der Waals surface area (Å²) in [5.74, 6) is 0. The molecule has 8 rings (SSSR count). The van der Waals surface area contributed by atoms with E-state index in [2.05, 4.69) is 125 Å². The van der Waals surface area contributed by atoms with Crippen LogP contribution >= 0.6 is 0 Å². The highest BCUT2D eigenvalue weighted by molar-refractivity contribution is 5.87. The summed E-state index contributed by atoms with van der Waals surface area (Å²) in [4.78, 5) is 19.6. The molecule has 4 nitrogen and oxygen atoms in total. The molecular formula is C46H42N4. The Bertz CT molecular complexity index is 2000. The lowest BCUT2D eigenvalue weighted by molar-refractivity contribution is 1.29. The van der Waals surface area contributed by atoms with E-state index >= 15 is 0 Å². The molecule has 6 aromatic carbocycles. The Morgan fingerprint density at radius 1 is 0.260 bits per heavy atom. The summed E-state index contributed by atoms with van der Waals surface area (Å²) in [6.07, 6.45) is 0. The van der Waals surface area contributed by atoms with Gasteiger partial charge in [0.05, 0.1) is 44.8 Å². The molecule has 0 N–H and O–H groups in total. The van der Waals surface area contributed by atoms with Crippen LogP contribution in [0.5, 0.6) is 0 Å². The van der Waals surface area contributed by atoms with Crippen LogP contribution in [0, 0.1) is 27.7 Å². The number of nitrogens with zero attached hydrogens (tertiary/aromatic N) is 4. The maximum atomic E-state index is 4.91. The number of hydrogen-bond acceptors (Lipinski definition) is 4. The average Bonchev–Trinajstić information content (AvgIpc) is 3.16. The highest BCUT2D eigenvalue weighted by Gasteiger charge is 2.14. The lowest BCUT2D eigenvalue weighted by Crippen LogP contribution is -1.95. The molecule has 2 aromatic heterocycles. The van der Waals surface area contributed by atoms with Gasteiger partial charge in [-0.25, -0.2) is 19.9 Å². The molecule has 0 radical (unpaired) electrons. The first-order chi connectivity index (χ1) is 24.4. The normalized spacial score (nSPS) is 10.6. The molecule has 246 valence electrons. The molecule has 0 saturated carbocycles. The van der Waals surface area contributed by atoms with Gasteiger partial charge in [-0.3, -0.25) is 0 Å². The second-order valence-electron chi connectivity index (χ2n) is 12.3. The molecule has 0 fully saturated rings.